The van der Waals surface area contributed by atoms with Crippen LogP contribution >= 0.6 is 0 Å². The average Bonchev–Trinajstić information content (AvgIpc) is 3.00. The number of hydrogen-bond donors (Lipinski definition) is 1. The molecule has 1 amide bonds. The molecule has 5 rings (SSSR count). The van der Waals surface area contributed by atoms with E-state index in [0.29, 0.717) is 24.4 Å². The smallest absolute Gasteiger partial charge is 0.409 e. The first-order valence-electron chi connectivity index (χ1n) is 8.98. The molecule has 3 aliphatic rings. The molecule has 0 aromatic heterocycles. The Balaban J connectivity index is 1.30. The van der Waals surface area contributed by atoms with Gasteiger partial charge >= 0.3 is 6.09 Å². The number of piperidine rings is 1. The highest BCUT2D eigenvalue weighted by atomic mass is 16.6. The molecule has 1 unspecified atom stereocenters. The molecule has 2 aromatic carbocycles. The molecule has 3 atom stereocenters. The Labute approximate surface area is 147 Å². The topological polar surface area (TPSA) is 49.8 Å². The molecule has 1 N–H and O–H groups in total. The minimum atomic E-state index is -0.217. The summed E-state index contributed by atoms with van der Waals surface area (Å²) in [5.41, 5.74) is 4.96. The van der Waals surface area contributed by atoms with Gasteiger partial charge in [-0.2, -0.15) is 0 Å². The van der Waals surface area contributed by atoms with Gasteiger partial charge in [0.2, 0.25) is 0 Å². The van der Waals surface area contributed by atoms with E-state index in [0.717, 1.165) is 13.1 Å². The van der Waals surface area contributed by atoms with Gasteiger partial charge in [0.25, 0.3) is 0 Å². The van der Waals surface area contributed by atoms with Crippen LogP contribution in [0.25, 0.3) is 11.1 Å². The van der Waals surface area contributed by atoms with E-state index in [-0.39, 0.29) is 18.6 Å². The monoisotopic (exact) mass is 335 g/mol. The number of aliphatic hydroxyl groups excluding tert-OH is 1. The lowest BCUT2D eigenvalue weighted by molar-refractivity contribution is 0.100. The van der Waals surface area contributed by atoms with Gasteiger partial charge in [0.15, 0.2) is 0 Å². The summed E-state index contributed by atoms with van der Waals surface area (Å²) in [5, 5.41) is 9.23. The van der Waals surface area contributed by atoms with E-state index in [9.17, 15) is 9.90 Å². The second kappa shape index (κ2) is 5.60. The molecule has 2 fully saturated rings. The van der Waals surface area contributed by atoms with Gasteiger partial charge in [-0.25, -0.2) is 4.79 Å². The predicted molar refractivity (Wildman–Crippen MR) is 94.2 cm³/mol. The Morgan fingerprint density at radius 3 is 2.12 bits per heavy atom. The number of amides is 1. The van der Waals surface area contributed by atoms with E-state index < -0.39 is 0 Å². The van der Waals surface area contributed by atoms with Crippen molar-refractivity contribution in [1.29, 1.82) is 0 Å². The summed E-state index contributed by atoms with van der Waals surface area (Å²) >= 11 is 0. The van der Waals surface area contributed by atoms with Gasteiger partial charge in [-0.1, -0.05) is 48.5 Å². The molecule has 2 aromatic rings. The zero-order valence-electron chi connectivity index (χ0n) is 14.0. The van der Waals surface area contributed by atoms with Crippen LogP contribution in [0.3, 0.4) is 0 Å². The van der Waals surface area contributed by atoms with Crippen LogP contribution in [0.1, 0.15) is 17.0 Å². The van der Waals surface area contributed by atoms with Crippen LogP contribution in [0.5, 0.6) is 0 Å². The van der Waals surface area contributed by atoms with Crippen molar-refractivity contribution in [2.75, 3.05) is 26.3 Å². The Morgan fingerprint density at radius 2 is 1.56 bits per heavy atom. The molecule has 4 heteroatoms. The number of hydrogen-bond acceptors (Lipinski definition) is 3. The Morgan fingerprint density at radius 1 is 1.00 bits per heavy atom. The van der Waals surface area contributed by atoms with Crippen molar-refractivity contribution in [3.63, 3.8) is 0 Å². The van der Waals surface area contributed by atoms with Crippen LogP contribution in [0, 0.1) is 17.8 Å². The molecule has 25 heavy (non-hydrogen) atoms. The van der Waals surface area contributed by atoms with E-state index in [2.05, 4.69) is 36.4 Å². The van der Waals surface area contributed by atoms with Crippen LogP contribution < -0.4 is 0 Å². The maximum atomic E-state index is 12.4. The zero-order valence-corrected chi connectivity index (χ0v) is 14.0. The molecular weight excluding hydrogens is 314 g/mol. The van der Waals surface area contributed by atoms with Crippen molar-refractivity contribution in [2.45, 2.75) is 5.92 Å². The van der Waals surface area contributed by atoms with E-state index in [4.69, 9.17) is 4.74 Å². The highest BCUT2D eigenvalue weighted by Crippen LogP contribution is 2.51. The Kier molecular flexibility index (Phi) is 3.35. The molecular formula is C21H21NO3. The fraction of sp³-hybridized carbons (Fsp3) is 0.381. The maximum Gasteiger partial charge on any atom is 0.409 e. The highest BCUT2D eigenvalue weighted by Gasteiger charge is 2.56. The first-order valence-corrected chi connectivity index (χ1v) is 8.98. The number of fused-ring (bicyclic) bond motifs is 4. The molecule has 1 heterocycles. The standard InChI is InChI=1S/C21H21NO3/c23-11-19-17-9-22(10-18(17)19)21(24)25-12-20-15-7-3-1-5-13(15)14-6-2-4-8-16(14)20/h1-8,17-20,23H,9-12H2/t17-,18+,19?. The second-order valence-electron chi connectivity index (χ2n) is 7.38. The number of rotatable bonds is 3. The average molecular weight is 335 g/mol. The third kappa shape index (κ3) is 2.28. The normalized spacial score (nSPS) is 26.1. The SMILES string of the molecule is O=C(OCC1c2ccccc2-c2ccccc21)N1C[C@@H]2C(CO)[C@@H]2C1. The summed E-state index contributed by atoms with van der Waals surface area (Å²) in [6.45, 7) is 2.08. The first-order chi connectivity index (χ1) is 12.3. The number of nitrogens with zero attached hydrogens (tertiary/aromatic N) is 1. The van der Waals surface area contributed by atoms with Crippen LogP contribution in [-0.4, -0.2) is 42.4 Å². The quantitative estimate of drug-likeness (QED) is 0.938. The summed E-state index contributed by atoms with van der Waals surface area (Å²) in [5.74, 6) is 1.47. The van der Waals surface area contributed by atoms with Gasteiger partial charge in [0.1, 0.15) is 6.61 Å². The van der Waals surface area contributed by atoms with Crippen molar-refractivity contribution >= 4 is 6.09 Å². The number of aliphatic hydroxyl groups is 1. The zero-order chi connectivity index (χ0) is 17.0. The number of benzene rings is 2. The van der Waals surface area contributed by atoms with Gasteiger partial charge in [-0.05, 0) is 40.0 Å². The Hall–Kier alpha value is -2.33. The summed E-state index contributed by atoms with van der Waals surface area (Å²) in [6, 6.07) is 16.7. The molecule has 1 saturated carbocycles. The van der Waals surface area contributed by atoms with Gasteiger partial charge in [-0.15, -0.1) is 0 Å². The lowest BCUT2D eigenvalue weighted by Crippen LogP contribution is -2.33. The van der Waals surface area contributed by atoms with Crippen molar-refractivity contribution in [3.8, 4) is 11.1 Å². The largest absolute Gasteiger partial charge is 0.448 e. The summed E-state index contributed by atoms with van der Waals surface area (Å²) in [7, 11) is 0. The Bertz CT molecular complexity index is 776. The summed E-state index contributed by atoms with van der Waals surface area (Å²) in [4.78, 5) is 14.2. The van der Waals surface area contributed by atoms with Crippen molar-refractivity contribution in [3.05, 3.63) is 59.7 Å². The first kappa shape index (κ1) is 15.0. The third-order valence-corrected chi connectivity index (χ3v) is 6.18. The highest BCUT2D eigenvalue weighted by molar-refractivity contribution is 5.79. The van der Waals surface area contributed by atoms with Gasteiger partial charge in [0.05, 0.1) is 0 Å². The van der Waals surface area contributed by atoms with Gasteiger partial charge in [0, 0.05) is 25.6 Å². The molecule has 1 aliphatic heterocycles. The van der Waals surface area contributed by atoms with E-state index >= 15 is 0 Å². The van der Waals surface area contributed by atoms with E-state index in [1.807, 2.05) is 12.1 Å². The van der Waals surface area contributed by atoms with E-state index in [1.165, 1.54) is 22.3 Å². The minimum Gasteiger partial charge on any atom is -0.448 e. The molecule has 1 saturated heterocycles. The molecule has 128 valence electrons. The van der Waals surface area contributed by atoms with Crippen molar-refractivity contribution in [2.24, 2.45) is 17.8 Å². The van der Waals surface area contributed by atoms with Crippen LogP contribution in [0.4, 0.5) is 4.79 Å². The number of likely N-dealkylation sites (tertiary alicyclic amines) is 1. The van der Waals surface area contributed by atoms with Crippen LogP contribution in [-0.2, 0) is 4.74 Å². The van der Waals surface area contributed by atoms with E-state index in [1.54, 1.807) is 4.90 Å². The lowest BCUT2D eigenvalue weighted by atomic mass is 9.98. The van der Waals surface area contributed by atoms with Gasteiger partial charge in [-0.3, -0.25) is 0 Å². The second-order valence-corrected chi connectivity index (χ2v) is 7.38. The fourth-order valence-corrected chi connectivity index (χ4v) is 4.75. The minimum absolute atomic E-state index is 0.110. The third-order valence-electron chi connectivity index (χ3n) is 6.18. The number of carbonyl (C=O) groups is 1. The number of carbonyl (C=O) groups excluding carboxylic acids is 1. The van der Waals surface area contributed by atoms with Crippen molar-refractivity contribution < 1.29 is 14.6 Å². The summed E-state index contributed by atoms with van der Waals surface area (Å²) in [6.07, 6.45) is -0.217. The number of ether oxygens (including phenoxy) is 1. The molecule has 0 spiro atoms. The fourth-order valence-electron chi connectivity index (χ4n) is 4.75. The van der Waals surface area contributed by atoms with Crippen LogP contribution in [0.15, 0.2) is 48.5 Å². The lowest BCUT2D eigenvalue weighted by Gasteiger charge is -2.21. The summed E-state index contributed by atoms with van der Waals surface area (Å²) < 4.78 is 5.69. The van der Waals surface area contributed by atoms with Gasteiger partial charge < -0.3 is 14.7 Å². The molecule has 4 nitrogen and oxygen atoms in total. The molecule has 2 aliphatic carbocycles. The maximum absolute atomic E-state index is 12.4. The molecule has 0 bridgehead atoms. The van der Waals surface area contributed by atoms with Crippen molar-refractivity contribution in [1.82, 2.24) is 4.90 Å². The predicted octanol–water partition coefficient (Wildman–Crippen LogP) is 3.11. The molecule has 0 radical (unpaired) electrons. The van der Waals surface area contributed by atoms with Crippen LogP contribution in [0.2, 0.25) is 0 Å².